The first-order valence-electron chi connectivity index (χ1n) is 17.4. The van der Waals surface area contributed by atoms with Crippen molar-refractivity contribution in [1.29, 1.82) is 0 Å². The van der Waals surface area contributed by atoms with Gasteiger partial charge in [-0.25, -0.2) is 0 Å². The zero-order valence-corrected chi connectivity index (χ0v) is 29.3. The molecule has 0 spiro atoms. The summed E-state index contributed by atoms with van der Waals surface area (Å²) >= 11 is 0. The quantitative estimate of drug-likeness (QED) is 0.136. The molecule has 1 aromatic heterocycles. The largest absolute Gasteiger partial charge is 0.488 e. The number of rotatable bonds is 13. The Morgan fingerprint density at radius 1 is 0.857 bits per heavy atom. The number of hydrogen-bond donors (Lipinski definition) is 1. The van der Waals surface area contributed by atoms with Crippen molar-refractivity contribution in [2.45, 2.75) is 66.7 Å². The minimum absolute atomic E-state index is 0.138. The van der Waals surface area contributed by atoms with Crippen molar-refractivity contribution in [3.05, 3.63) is 125 Å². The first-order chi connectivity index (χ1) is 23.8. The number of aromatic nitrogens is 1. The van der Waals surface area contributed by atoms with E-state index in [0.717, 1.165) is 59.6 Å². The maximum absolute atomic E-state index is 13.5. The van der Waals surface area contributed by atoms with E-state index in [1.807, 2.05) is 61.5 Å². The van der Waals surface area contributed by atoms with E-state index in [1.165, 1.54) is 11.1 Å². The average Bonchev–Trinajstić information content (AvgIpc) is 3.55. The summed E-state index contributed by atoms with van der Waals surface area (Å²) in [5.74, 6) is 2.32. The first kappa shape index (κ1) is 34.0. The zero-order valence-electron chi connectivity index (χ0n) is 29.3. The predicted molar refractivity (Wildman–Crippen MR) is 195 cm³/mol. The Hall–Kier alpha value is -4.88. The van der Waals surface area contributed by atoms with Crippen molar-refractivity contribution in [3.8, 4) is 33.9 Å². The molecule has 0 unspecified atom stereocenters. The Labute approximate surface area is 290 Å². The number of fused-ring (bicyclic) bond motifs is 1. The zero-order chi connectivity index (χ0) is 34.3. The molecule has 5 aromatic rings. The van der Waals surface area contributed by atoms with Crippen LogP contribution in [-0.2, 0) is 26.2 Å². The van der Waals surface area contributed by atoms with Gasteiger partial charge in [-0.2, -0.15) is 0 Å². The fourth-order valence-corrected chi connectivity index (χ4v) is 6.50. The molecule has 4 aromatic carbocycles. The molecule has 7 nitrogen and oxygen atoms in total. The third-order valence-corrected chi connectivity index (χ3v) is 8.91. The van der Waals surface area contributed by atoms with Crippen LogP contribution in [0.4, 0.5) is 0 Å². The molecule has 6 rings (SSSR count). The number of carbonyl (C=O) groups is 1. The van der Waals surface area contributed by atoms with E-state index in [9.17, 15) is 4.79 Å². The highest BCUT2D eigenvalue weighted by Gasteiger charge is 2.29. The highest BCUT2D eigenvalue weighted by atomic mass is 16.5. The molecule has 1 aliphatic rings. The Bertz CT molecular complexity index is 1860. The molecule has 0 radical (unpaired) electrons. The molecule has 0 fully saturated rings. The van der Waals surface area contributed by atoms with Gasteiger partial charge >= 0.3 is 0 Å². The smallest absolute Gasteiger partial charge is 0.274 e. The van der Waals surface area contributed by atoms with E-state index in [0.29, 0.717) is 42.7 Å². The van der Waals surface area contributed by atoms with Crippen LogP contribution in [-0.4, -0.2) is 35.6 Å². The van der Waals surface area contributed by atoms with Crippen molar-refractivity contribution in [2.24, 2.45) is 5.92 Å². The molecule has 1 amide bonds. The number of ether oxygens (including phenoxy) is 2. The lowest BCUT2D eigenvalue weighted by molar-refractivity contribution is 0.0947. The van der Waals surface area contributed by atoms with Gasteiger partial charge in [0.2, 0.25) is 0 Å². The van der Waals surface area contributed by atoms with Crippen LogP contribution in [0.3, 0.4) is 0 Å². The van der Waals surface area contributed by atoms with E-state index in [4.69, 9.17) is 14.0 Å². The minimum Gasteiger partial charge on any atom is -0.488 e. The Morgan fingerprint density at radius 2 is 1.53 bits per heavy atom. The Balaban J connectivity index is 1.46. The molecular formula is C42H47N3O4. The van der Waals surface area contributed by atoms with Gasteiger partial charge in [-0.15, -0.1) is 0 Å². The van der Waals surface area contributed by atoms with Gasteiger partial charge in [0.25, 0.3) is 5.91 Å². The lowest BCUT2D eigenvalue weighted by atomic mass is 9.91. The summed E-state index contributed by atoms with van der Waals surface area (Å²) in [6.07, 6.45) is 0.948. The predicted octanol–water partition coefficient (Wildman–Crippen LogP) is 9.05. The summed E-state index contributed by atoms with van der Waals surface area (Å²) in [6.45, 7) is 15.0. The summed E-state index contributed by atoms with van der Waals surface area (Å²) in [6, 6.07) is 30.8. The molecule has 7 heteroatoms. The number of benzene rings is 4. The minimum atomic E-state index is -0.271. The number of hydrogen-bond acceptors (Lipinski definition) is 6. The Kier molecular flexibility index (Phi) is 10.8. The van der Waals surface area contributed by atoms with Gasteiger partial charge in [-0.05, 0) is 64.6 Å². The number of nitrogens with one attached hydrogen (secondary N) is 1. The van der Waals surface area contributed by atoms with E-state index >= 15 is 0 Å². The van der Waals surface area contributed by atoms with Crippen LogP contribution in [0.25, 0.3) is 22.5 Å². The molecule has 0 atom stereocenters. The van der Waals surface area contributed by atoms with Gasteiger partial charge < -0.3 is 19.3 Å². The van der Waals surface area contributed by atoms with Crippen LogP contribution >= 0.6 is 0 Å². The summed E-state index contributed by atoms with van der Waals surface area (Å²) in [5, 5.41) is 7.33. The van der Waals surface area contributed by atoms with Crippen molar-refractivity contribution in [1.82, 2.24) is 15.4 Å². The molecule has 0 aliphatic carbocycles. The molecule has 0 bridgehead atoms. The Morgan fingerprint density at radius 3 is 2.16 bits per heavy atom. The second-order valence-electron chi connectivity index (χ2n) is 13.5. The van der Waals surface area contributed by atoms with Gasteiger partial charge in [0.1, 0.15) is 24.7 Å². The van der Waals surface area contributed by atoms with E-state index in [-0.39, 0.29) is 17.5 Å². The fraction of sp³-hybridized carbons (Fsp3) is 0.333. The van der Waals surface area contributed by atoms with Crippen LogP contribution < -0.4 is 14.8 Å². The summed E-state index contributed by atoms with van der Waals surface area (Å²) in [7, 11) is 0. The molecule has 0 saturated heterocycles. The van der Waals surface area contributed by atoms with Crippen LogP contribution in [0.5, 0.6) is 11.5 Å². The van der Waals surface area contributed by atoms with Gasteiger partial charge in [-0.3, -0.25) is 9.69 Å². The average molecular weight is 658 g/mol. The highest BCUT2D eigenvalue weighted by molar-refractivity contribution is 6.02. The van der Waals surface area contributed by atoms with Gasteiger partial charge in [0, 0.05) is 32.2 Å². The normalized spacial score (nSPS) is 13.0. The molecular weight excluding hydrogens is 610 g/mol. The number of carbonyl (C=O) groups excluding carboxylic acids is 1. The molecule has 254 valence electrons. The molecule has 1 aliphatic heterocycles. The van der Waals surface area contributed by atoms with Crippen LogP contribution in [0.2, 0.25) is 0 Å². The lowest BCUT2D eigenvalue weighted by Gasteiger charge is -2.30. The van der Waals surface area contributed by atoms with Crippen LogP contribution in [0, 0.1) is 5.92 Å². The second kappa shape index (κ2) is 15.6. The third kappa shape index (κ3) is 8.06. The maximum Gasteiger partial charge on any atom is 0.274 e. The van der Waals surface area contributed by atoms with E-state index < -0.39 is 0 Å². The van der Waals surface area contributed by atoms with E-state index in [2.05, 4.69) is 79.5 Å². The van der Waals surface area contributed by atoms with Crippen molar-refractivity contribution < 1.29 is 18.8 Å². The van der Waals surface area contributed by atoms with Gasteiger partial charge in [-0.1, -0.05) is 112 Å². The van der Waals surface area contributed by atoms with Crippen molar-refractivity contribution in [3.63, 3.8) is 0 Å². The SMILES string of the molecule is CCNC(=O)c1noc(-c2cc(C(C)C)c(OCc3ccccc3)cc2OCc2ccccc2)c1-c1ccc2c(c1)CCN(CC(C)C)C2. The second-order valence-corrected chi connectivity index (χ2v) is 13.5. The monoisotopic (exact) mass is 657 g/mol. The van der Waals surface area contributed by atoms with Crippen LogP contribution in [0.1, 0.15) is 78.8 Å². The molecule has 2 heterocycles. The third-order valence-electron chi connectivity index (χ3n) is 8.91. The molecule has 0 saturated carbocycles. The van der Waals surface area contributed by atoms with Crippen LogP contribution in [0.15, 0.2) is 95.5 Å². The fourth-order valence-electron chi connectivity index (χ4n) is 6.50. The topological polar surface area (TPSA) is 76.8 Å². The van der Waals surface area contributed by atoms with Crippen molar-refractivity contribution >= 4 is 5.91 Å². The molecule has 1 N–H and O–H groups in total. The van der Waals surface area contributed by atoms with Gasteiger partial charge in [0.05, 0.1) is 11.1 Å². The summed E-state index contributed by atoms with van der Waals surface area (Å²) in [4.78, 5) is 16.0. The van der Waals surface area contributed by atoms with E-state index in [1.54, 1.807) is 0 Å². The first-order valence-corrected chi connectivity index (χ1v) is 17.4. The maximum atomic E-state index is 13.5. The van der Waals surface area contributed by atoms with Crippen molar-refractivity contribution in [2.75, 3.05) is 19.6 Å². The number of nitrogens with zero attached hydrogens (tertiary/aromatic N) is 2. The number of amides is 1. The van der Waals surface area contributed by atoms with Gasteiger partial charge in [0.15, 0.2) is 11.5 Å². The highest BCUT2D eigenvalue weighted by Crippen LogP contribution is 2.45. The molecule has 49 heavy (non-hydrogen) atoms. The lowest BCUT2D eigenvalue weighted by Crippen LogP contribution is -2.33. The summed E-state index contributed by atoms with van der Waals surface area (Å²) in [5.41, 5.74) is 8.29. The summed E-state index contributed by atoms with van der Waals surface area (Å²) < 4.78 is 19.2. The standard InChI is InChI=1S/C42H47N3O4/c1-6-43-42(46)40-39(33-17-18-34-25-45(24-28(2)3)20-19-32(34)21-33)41(49-44-40)36-22-35(29(4)5)37(47-26-30-13-9-7-10-14-30)23-38(36)48-27-31-15-11-8-12-16-31/h7-18,21-23,28-29H,6,19-20,24-27H2,1-5H3,(H,43,46).